The molecule has 0 atom stereocenters. The summed E-state index contributed by atoms with van der Waals surface area (Å²) >= 11 is 3.57. The number of non-ortho nitro benzene ring substituents is 1. The standard InChI is InChI=1S/C20H20BrN3O3/c21-19-7-2-1-5-17(19)15-22-10-12-23(13-11-22)20(25)9-8-16-4-3-6-18(14-16)24(26)27/h1-9,14H,10-13,15H2/b9-8+. The highest BCUT2D eigenvalue weighted by Crippen LogP contribution is 2.19. The maximum atomic E-state index is 12.4. The van der Waals surface area contributed by atoms with Gasteiger partial charge in [-0.25, -0.2) is 0 Å². The van der Waals surface area contributed by atoms with Gasteiger partial charge >= 0.3 is 0 Å². The Hall–Kier alpha value is -2.51. The Morgan fingerprint density at radius 1 is 1.11 bits per heavy atom. The molecule has 0 aromatic heterocycles. The molecule has 1 fully saturated rings. The van der Waals surface area contributed by atoms with Crippen molar-refractivity contribution in [1.82, 2.24) is 9.80 Å². The first-order chi connectivity index (χ1) is 13.0. The number of piperazine rings is 1. The lowest BCUT2D eigenvalue weighted by Crippen LogP contribution is -2.47. The summed E-state index contributed by atoms with van der Waals surface area (Å²) in [6.07, 6.45) is 3.12. The normalized spacial score (nSPS) is 15.2. The molecule has 1 aliphatic rings. The SMILES string of the molecule is O=C(/C=C/c1cccc([N+](=O)[O-])c1)N1CCN(Cc2ccccc2Br)CC1. The number of nitro groups is 1. The monoisotopic (exact) mass is 429 g/mol. The van der Waals surface area contributed by atoms with Gasteiger partial charge in [-0.1, -0.05) is 46.3 Å². The van der Waals surface area contributed by atoms with Crippen molar-refractivity contribution < 1.29 is 9.72 Å². The summed E-state index contributed by atoms with van der Waals surface area (Å²) in [5.41, 5.74) is 1.90. The quantitative estimate of drug-likeness (QED) is 0.412. The summed E-state index contributed by atoms with van der Waals surface area (Å²) < 4.78 is 1.10. The number of amides is 1. The van der Waals surface area contributed by atoms with Crippen LogP contribution in [0.3, 0.4) is 0 Å². The van der Waals surface area contributed by atoms with E-state index in [1.165, 1.54) is 23.8 Å². The lowest BCUT2D eigenvalue weighted by Gasteiger charge is -2.34. The van der Waals surface area contributed by atoms with E-state index in [4.69, 9.17) is 0 Å². The second-order valence-electron chi connectivity index (χ2n) is 6.38. The number of carbonyl (C=O) groups excluding carboxylic acids is 1. The lowest BCUT2D eigenvalue weighted by atomic mass is 10.1. The van der Waals surface area contributed by atoms with Gasteiger partial charge in [0.25, 0.3) is 5.69 Å². The van der Waals surface area contributed by atoms with Crippen molar-refractivity contribution in [3.8, 4) is 0 Å². The molecule has 1 heterocycles. The maximum Gasteiger partial charge on any atom is 0.270 e. The molecule has 0 unspecified atom stereocenters. The summed E-state index contributed by atoms with van der Waals surface area (Å²) in [5.74, 6) is -0.0675. The number of hydrogen-bond donors (Lipinski definition) is 0. The molecule has 6 nitrogen and oxygen atoms in total. The molecule has 140 valence electrons. The molecule has 1 saturated heterocycles. The van der Waals surface area contributed by atoms with Crippen LogP contribution in [0.5, 0.6) is 0 Å². The summed E-state index contributed by atoms with van der Waals surface area (Å²) in [6.45, 7) is 3.83. The Bertz CT molecular complexity index is 861. The summed E-state index contributed by atoms with van der Waals surface area (Å²) in [7, 11) is 0. The van der Waals surface area contributed by atoms with Crippen molar-refractivity contribution in [3.05, 3.63) is 80.3 Å². The minimum atomic E-state index is -0.441. The maximum absolute atomic E-state index is 12.4. The topological polar surface area (TPSA) is 66.7 Å². The number of nitrogens with zero attached hydrogens (tertiary/aromatic N) is 3. The van der Waals surface area contributed by atoms with Crippen LogP contribution < -0.4 is 0 Å². The van der Waals surface area contributed by atoms with Gasteiger partial charge in [0.15, 0.2) is 0 Å². The van der Waals surface area contributed by atoms with E-state index in [2.05, 4.69) is 26.9 Å². The smallest absolute Gasteiger partial charge is 0.270 e. The van der Waals surface area contributed by atoms with Gasteiger partial charge in [0.2, 0.25) is 5.91 Å². The van der Waals surface area contributed by atoms with Crippen molar-refractivity contribution in [1.29, 1.82) is 0 Å². The van der Waals surface area contributed by atoms with E-state index < -0.39 is 4.92 Å². The highest BCUT2D eigenvalue weighted by Gasteiger charge is 2.20. The summed E-state index contributed by atoms with van der Waals surface area (Å²) in [5, 5.41) is 10.8. The summed E-state index contributed by atoms with van der Waals surface area (Å²) in [6, 6.07) is 14.4. The third kappa shape index (κ3) is 5.24. The first-order valence-corrected chi connectivity index (χ1v) is 9.49. The van der Waals surface area contributed by atoms with E-state index in [0.717, 1.165) is 24.1 Å². The van der Waals surface area contributed by atoms with E-state index in [1.54, 1.807) is 18.2 Å². The zero-order valence-electron chi connectivity index (χ0n) is 14.8. The van der Waals surface area contributed by atoms with E-state index >= 15 is 0 Å². The molecule has 0 spiro atoms. The largest absolute Gasteiger partial charge is 0.337 e. The molecule has 2 aromatic rings. The van der Waals surface area contributed by atoms with Crippen molar-refractivity contribution in [2.45, 2.75) is 6.54 Å². The molecule has 0 bridgehead atoms. The first-order valence-electron chi connectivity index (χ1n) is 8.70. The summed E-state index contributed by atoms with van der Waals surface area (Å²) in [4.78, 5) is 26.9. The van der Waals surface area contributed by atoms with Crippen LogP contribution in [-0.4, -0.2) is 46.8 Å². The first kappa shape index (κ1) is 19.3. The van der Waals surface area contributed by atoms with E-state index in [9.17, 15) is 14.9 Å². The molecular weight excluding hydrogens is 410 g/mol. The van der Waals surface area contributed by atoms with Crippen molar-refractivity contribution in [2.75, 3.05) is 26.2 Å². The average Bonchev–Trinajstić information content (AvgIpc) is 2.68. The molecule has 1 aliphatic heterocycles. The molecule has 2 aromatic carbocycles. The fourth-order valence-corrected chi connectivity index (χ4v) is 3.42. The third-order valence-electron chi connectivity index (χ3n) is 4.54. The Balaban J connectivity index is 1.53. The minimum Gasteiger partial charge on any atom is -0.337 e. The van der Waals surface area contributed by atoms with Crippen LogP contribution in [0.2, 0.25) is 0 Å². The predicted molar refractivity (Wildman–Crippen MR) is 108 cm³/mol. The van der Waals surface area contributed by atoms with Gasteiger partial charge in [-0.15, -0.1) is 0 Å². The van der Waals surface area contributed by atoms with E-state index in [0.29, 0.717) is 18.7 Å². The third-order valence-corrected chi connectivity index (χ3v) is 5.31. The number of benzene rings is 2. The molecular formula is C20H20BrN3O3. The second-order valence-corrected chi connectivity index (χ2v) is 7.23. The van der Waals surface area contributed by atoms with Crippen LogP contribution in [0.1, 0.15) is 11.1 Å². The van der Waals surface area contributed by atoms with Crippen LogP contribution in [0.15, 0.2) is 59.1 Å². The number of hydrogen-bond acceptors (Lipinski definition) is 4. The molecule has 1 amide bonds. The van der Waals surface area contributed by atoms with E-state index in [1.807, 2.05) is 23.1 Å². The number of carbonyl (C=O) groups is 1. The van der Waals surface area contributed by atoms with Crippen LogP contribution in [0.25, 0.3) is 6.08 Å². The predicted octanol–water partition coefficient (Wildman–Crippen LogP) is 3.71. The molecule has 0 radical (unpaired) electrons. The van der Waals surface area contributed by atoms with E-state index in [-0.39, 0.29) is 11.6 Å². The molecule has 0 aliphatic carbocycles. The Labute approximate surface area is 166 Å². The van der Waals surface area contributed by atoms with Gasteiger partial charge in [0.05, 0.1) is 4.92 Å². The van der Waals surface area contributed by atoms with Crippen molar-refractivity contribution in [2.24, 2.45) is 0 Å². The molecule has 3 rings (SSSR count). The molecule has 0 N–H and O–H groups in total. The zero-order valence-corrected chi connectivity index (χ0v) is 16.3. The van der Waals surface area contributed by atoms with Crippen LogP contribution >= 0.6 is 15.9 Å². The van der Waals surface area contributed by atoms with Crippen LogP contribution in [0.4, 0.5) is 5.69 Å². The van der Waals surface area contributed by atoms with Crippen molar-refractivity contribution >= 4 is 33.6 Å². The van der Waals surface area contributed by atoms with Crippen LogP contribution in [0, 0.1) is 10.1 Å². The fourth-order valence-electron chi connectivity index (χ4n) is 3.01. The van der Waals surface area contributed by atoms with Gasteiger partial charge in [-0.3, -0.25) is 19.8 Å². The zero-order chi connectivity index (χ0) is 19.2. The number of halogens is 1. The van der Waals surface area contributed by atoms with Crippen molar-refractivity contribution in [3.63, 3.8) is 0 Å². The number of nitro benzene ring substituents is 1. The fraction of sp³-hybridized carbons (Fsp3) is 0.250. The highest BCUT2D eigenvalue weighted by atomic mass is 79.9. The van der Waals surface area contributed by atoms with Gasteiger partial charge in [-0.2, -0.15) is 0 Å². The van der Waals surface area contributed by atoms with Gasteiger partial charge in [0, 0.05) is 55.4 Å². The molecule has 7 heteroatoms. The van der Waals surface area contributed by atoms with Gasteiger partial charge in [0.1, 0.15) is 0 Å². The van der Waals surface area contributed by atoms with Crippen LogP contribution in [-0.2, 0) is 11.3 Å². The average molecular weight is 430 g/mol. The Morgan fingerprint density at radius 2 is 1.85 bits per heavy atom. The second kappa shape index (κ2) is 8.92. The Kier molecular flexibility index (Phi) is 6.36. The van der Waals surface area contributed by atoms with Gasteiger partial charge < -0.3 is 4.90 Å². The number of rotatable bonds is 5. The lowest BCUT2D eigenvalue weighted by molar-refractivity contribution is -0.384. The molecule has 27 heavy (non-hydrogen) atoms. The minimum absolute atomic E-state index is 0.0188. The Morgan fingerprint density at radius 3 is 2.56 bits per heavy atom. The highest BCUT2D eigenvalue weighted by molar-refractivity contribution is 9.10. The molecule has 0 saturated carbocycles. The van der Waals surface area contributed by atoms with Gasteiger partial charge in [-0.05, 0) is 23.3 Å².